The lowest BCUT2D eigenvalue weighted by atomic mass is 10.2. The molecule has 0 atom stereocenters. The first-order valence-corrected chi connectivity index (χ1v) is 7.88. The van der Waals surface area contributed by atoms with Gasteiger partial charge in [0, 0.05) is 5.30 Å². The van der Waals surface area contributed by atoms with E-state index in [4.69, 9.17) is 20.9 Å². The van der Waals surface area contributed by atoms with Crippen molar-refractivity contribution >= 4 is 29.6 Å². The Balaban J connectivity index is 3.14. The molecule has 0 saturated heterocycles. The second-order valence-corrected chi connectivity index (χ2v) is 6.64. The van der Waals surface area contributed by atoms with Gasteiger partial charge in [0.2, 0.25) is 6.49 Å². The molecule has 0 aliphatic rings. The van der Waals surface area contributed by atoms with Crippen LogP contribution in [0.15, 0.2) is 24.3 Å². The molecule has 0 heterocycles. The summed E-state index contributed by atoms with van der Waals surface area (Å²) in [6.45, 7) is 1.89. The van der Waals surface area contributed by atoms with E-state index in [2.05, 4.69) is 0 Å². The number of carboxylic acids is 1. The maximum Gasteiger partial charge on any atom is 0.219 e. The number of aromatic carboxylic acids is 1. The zero-order chi connectivity index (χ0) is 12.9. The van der Waals surface area contributed by atoms with Gasteiger partial charge in [-0.15, -0.1) is 0 Å². The Morgan fingerprint density at radius 3 is 2.41 bits per heavy atom. The van der Waals surface area contributed by atoms with Crippen LogP contribution in [0.1, 0.15) is 24.2 Å². The lowest BCUT2D eigenvalue weighted by molar-refractivity contribution is -0.255. The minimum Gasteiger partial charge on any atom is -0.545 e. The average molecular weight is 273 g/mol. The van der Waals surface area contributed by atoms with Gasteiger partial charge in [0.15, 0.2) is 0 Å². The molecule has 4 nitrogen and oxygen atoms in total. The highest BCUT2D eigenvalue weighted by atomic mass is 32.5. The van der Waals surface area contributed by atoms with Crippen molar-refractivity contribution in [2.24, 2.45) is 0 Å². The number of carbonyl (C=O) groups excluding carboxylic acids is 1. The summed E-state index contributed by atoms with van der Waals surface area (Å²) in [6, 6.07) is 6.25. The quantitative estimate of drug-likeness (QED) is 0.725. The van der Waals surface area contributed by atoms with Crippen molar-refractivity contribution in [1.82, 2.24) is 0 Å². The van der Waals surface area contributed by atoms with Crippen LogP contribution >= 0.6 is 6.49 Å². The van der Waals surface area contributed by atoms with Crippen molar-refractivity contribution in [3.63, 3.8) is 0 Å². The molecule has 0 aromatic heterocycles. The first kappa shape index (κ1) is 14.3. The van der Waals surface area contributed by atoms with Crippen molar-refractivity contribution in [3.8, 4) is 0 Å². The van der Waals surface area contributed by atoms with Gasteiger partial charge in [-0.25, -0.2) is 0 Å². The fourth-order valence-electron chi connectivity index (χ4n) is 1.33. The lowest BCUT2D eigenvalue weighted by Crippen LogP contribution is -2.23. The van der Waals surface area contributed by atoms with Crippen LogP contribution in [-0.4, -0.2) is 19.2 Å². The molecule has 1 aromatic carbocycles. The van der Waals surface area contributed by atoms with Crippen LogP contribution in [0.4, 0.5) is 0 Å². The molecule has 0 N–H and O–H groups in total. The van der Waals surface area contributed by atoms with Crippen LogP contribution in [0.3, 0.4) is 0 Å². The SMILES string of the molecule is CCOP(=S)(OCC)c1cccc(C(=O)[O-])c1. The molecule has 0 spiro atoms. The molecular weight excluding hydrogens is 259 g/mol. The molecule has 0 unspecified atom stereocenters. The van der Waals surface area contributed by atoms with E-state index in [1.807, 2.05) is 13.8 Å². The number of carbonyl (C=O) groups is 1. The van der Waals surface area contributed by atoms with Crippen LogP contribution in [0.5, 0.6) is 0 Å². The maximum absolute atomic E-state index is 10.8. The molecule has 0 aliphatic heterocycles. The first-order valence-electron chi connectivity index (χ1n) is 5.24. The lowest BCUT2D eigenvalue weighted by Gasteiger charge is -2.21. The van der Waals surface area contributed by atoms with E-state index in [-0.39, 0.29) is 5.56 Å². The largest absolute Gasteiger partial charge is 0.545 e. The molecule has 0 saturated carbocycles. The van der Waals surface area contributed by atoms with E-state index in [0.717, 1.165) is 0 Å². The number of carboxylic acid groups (broad SMARTS) is 1. The molecule has 0 aliphatic carbocycles. The number of benzene rings is 1. The minimum atomic E-state index is -2.60. The van der Waals surface area contributed by atoms with E-state index in [9.17, 15) is 9.90 Å². The summed E-state index contributed by atoms with van der Waals surface area (Å²) in [5.74, 6) is -1.23. The predicted molar refractivity (Wildman–Crippen MR) is 67.9 cm³/mol. The highest BCUT2D eigenvalue weighted by Crippen LogP contribution is 2.47. The molecule has 6 heteroatoms. The molecule has 0 bridgehead atoms. The normalized spacial score (nSPS) is 11.4. The fraction of sp³-hybridized carbons (Fsp3) is 0.364. The Hall–Kier alpha value is -0.740. The molecule has 0 fully saturated rings. The van der Waals surface area contributed by atoms with Crippen molar-refractivity contribution in [1.29, 1.82) is 0 Å². The molecule has 94 valence electrons. The summed E-state index contributed by atoms with van der Waals surface area (Å²) in [4.78, 5) is 10.8. The van der Waals surface area contributed by atoms with Crippen LogP contribution in [-0.2, 0) is 20.9 Å². The third kappa shape index (κ3) is 3.61. The number of hydrogen-bond donors (Lipinski definition) is 0. The van der Waals surface area contributed by atoms with Gasteiger partial charge in [-0.1, -0.05) is 12.1 Å². The van der Waals surface area contributed by atoms with Crippen LogP contribution in [0.25, 0.3) is 0 Å². The topological polar surface area (TPSA) is 58.6 Å². The molecule has 1 rings (SSSR count). The molecule has 0 amide bonds. The summed E-state index contributed by atoms with van der Waals surface area (Å²) in [5, 5.41) is 11.4. The Bertz CT molecular complexity index is 437. The van der Waals surface area contributed by atoms with Gasteiger partial charge in [0.25, 0.3) is 0 Å². The Labute approximate surface area is 106 Å². The standard InChI is InChI=1S/C11H15O4PS/c1-3-14-16(17,15-4-2)10-7-5-6-9(8-10)11(12)13/h5-8H,3-4H2,1-2H3,(H,12,13)/p-1. The third-order valence-electron chi connectivity index (χ3n) is 2.00. The molecule has 1 aromatic rings. The van der Waals surface area contributed by atoms with E-state index in [0.29, 0.717) is 18.5 Å². The Morgan fingerprint density at radius 1 is 1.35 bits per heavy atom. The van der Waals surface area contributed by atoms with Gasteiger partial charge >= 0.3 is 0 Å². The Kier molecular flexibility index (Phi) is 5.28. The number of rotatable bonds is 6. The van der Waals surface area contributed by atoms with Gasteiger partial charge in [-0.3, -0.25) is 0 Å². The molecule has 17 heavy (non-hydrogen) atoms. The Morgan fingerprint density at radius 2 is 1.94 bits per heavy atom. The van der Waals surface area contributed by atoms with Gasteiger partial charge in [0.1, 0.15) is 0 Å². The van der Waals surface area contributed by atoms with E-state index in [1.165, 1.54) is 12.1 Å². The second kappa shape index (κ2) is 6.26. The highest BCUT2D eigenvalue weighted by molar-refractivity contribution is 8.13. The maximum atomic E-state index is 10.8. The monoisotopic (exact) mass is 273 g/mol. The van der Waals surface area contributed by atoms with Crippen LogP contribution < -0.4 is 10.4 Å². The van der Waals surface area contributed by atoms with Crippen molar-refractivity contribution in [3.05, 3.63) is 29.8 Å². The predicted octanol–water partition coefficient (Wildman–Crippen LogP) is 1.06. The highest BCUT2D eigenvalue weighted by Gasteiger charge is 2.21. The van der Waals surface area contributed by atoms with Gasteiger partial charge in [-0.05, 0) is 43.4 Å². The molecule has 0 radical (unpaired) electrons. The first-order chi connectivity index (χ1) is 8.03. The van der Waals surface area contributed by atoms with Crippen molar-refractivity contribution in [2.45, 2.75) is 13.8 Å². The van der Waals surface area contributed by atoms with Crippen molar-refractivity contribution < 1.29 is 18.9 Å². The second-order valence-electron chi connectivity index (χ2n) is 3.17. The summed E-state index contributed by atoms with van der Waals surface area (Å²) in [5.41, 5.74) is 0.0798. The summed E-state index contributed by atoms with van der Waals surface area (Å²) in [6.07, 6.45) is 0. The van der Waals surface area contributed by atoms with Crippen LogP contribution in [0.2, 0.25) is 0 Å². The number of hydrogen-bond acceptors (Lipinski definition) is 5. The summed E-state index contributed by atoms with van der Waals surface area (Å²) in [7, 11) is 0. The van der Waals surface area contributed by atoms with Crippen molar-refractivity contribution in [2.75, 3.05) is 13.2 Å². The molecular formula is C11H14O4PS-. The third-order valence-corrected chi connectivity index (χ3v) is 5.37. The smallest absolute Gasteiger partial charge is 0.219 e. The van der Waals surface area contributed by atoms with Gasteiger partial charge in [0.05, 0.1) is 19.2 Å². The minimum absolute atomic E-state index is 0.0798. The van der Waals surface area contributed by atoms with Gasteiger partial charge < -0.3 is 18.9 Å². The van der Waals surface area contributed by atoms with E-state index in [1.54, 1.807) is 12.1 Å². The van der Waals surface area contributed by atoms with Crippen LogP contribution in [0, 0.1) is 0 Å². The zero-order valence-electron chi connectivity index (χ0n) is 9.71. The fourth-order valence-corrected chi connectivity index (χ4v) is 3.92. The summed E-state index contributed by atoms with van der Waals surface area (Å²) < 4.78 is 11.0. The van der Waals surface area contributed by atoms with E-state index >= 15 is 0 Å². The van der Waals surface area contributed by atoms with Gasteiger partial charge in [-0.2, -0.15) is 0 Å². The van der Waals surface area contributed by atoms with E-state index < -0.39 is 12.5 Å². The zero-order valence-corrected chi connectivity index (χ0v) is 11.4. The summed E-state index contributed by atoms with van der Waals surface area (Å²) >= 11 is 5.37. The average Bonchev–Trinajstić information content (AvgIpc) is 2.30.